The van der Waals surface area contributed by atoms with Crippen molar-refractivity contribution in [1.82, 2.24) is 0 Å². The van der Waals surface area contributed by atoms with E-state index in [4.69, 9.17) is 9.47 Å². The molecule has 0 aromatic rings. The van der Waals surface area contributed by atoms with E-state index < -0.39 is 0 Å². The molecule has 2 aliphatic heterocycles. The molecule has 2 heterocycles. The Kier molecular flexibility index (Phi) is 8.67. The maximum absolute atomic E-state index is 6.73. The Morgan fingerprint density at radius 2 is 2.00 bits per heavy atom. The lowest BCUT2D eigenvalue weighted by Gasteiger charge is -2.48. The molecule has 2 rings (SSSR count). The van der Waals surface area contributed by atoms with Crippen LogP contribution < -0.4 is 0 Å². The Morgan fingerprint density at radius 3 is 2.69 bits per heavy atom. The van der Waals surface area contributed by atoms with Gasteiger partial charge in [-0.05, 0) is 69.1 Å². The molecular weight excluding hydrogens is 320 g/mol. The van der Waals surface area contributed by atoms with E-state index in [0.29, 0.717) is 29.8 Å². The fourth-order valence-corrected chi connectivity index (χ4v) is 4.64. The first kappa shape index (κ1) is 22.0. The van der Waals surface area contributed by atoms with Crippen molar-refractivity contribution >= 4 is 0 Å². The molecule has 2 saturated heterocycles. The third-order valence-corrected chi connectivity index (χ3v) is 6.80. The zero-order valence-corrected chi connectivity index (χ0v) is 18.4. The van der Waals surface area contributed by atoms with Crippen molar-refractivity contribution in [3.8, 4) is 0 Å². The molecule has 0 bridgehead atoms. The number of hydrogen-bond acceptors (Lipinski definition) is 2. The van der Waals surface area contributed by atoms with E-state index in [-0.39, 0.29) is 5.60 Å². The molecule has 0 saturated carbocycles. The normalized spacial score (nSPS) is 34.4. The highest BCUT2D eigenvalue weighted by Crippen LogP contribution is 2.42. The molecule has 2 fully saturated rings. The van der Waals surface area contributed by atoms with E-state index in [1.807, 2.05) is 0 Å². The summed E-state index contributed by atoms with van der Waals surface area (Å²) in [6, 6.07) is 0. The molecule has 0 radical (unpaired) electrons. The molecule has 0 amide bonds. The molecule has 2 heteroatoms. The van der Waals surface area contributed by atoms with Crippen molar-refractivity contribution in [2.75, 3.05) is 13.2 Å². The van der Waals surface area contributed by atoms with Gasteiger partial charge in [-0.25, -0.2) is 0 Å². The summed E-state index contributed by atoms with van der Waals surface area (Å²) in [6.45, 7) is 15.6. The SMILES string of the molecule is CCCCC1OC2(CCC1C)COCC(CCC(C)/C=C(\C)C(C)C)C2. The van der Waals surface area contributed by atoms with E-state index >= 15 is 0 Å². The minimum absolute atomic E-state index is 0.0146. The third kappa shape index (κ3) is 6.37. The van der Waals surface area contributed by atoms with Gasteiger partial charge in [0.1, 0.15) is 0 Å². The fraction of sp³-hybridized carbons (Fsp3) is 0.917. The Bertz CT molecular complexity index is 441. The summed E-state index contributed by atoms with van der Waals surface area (Å²) in [7, 11) is 0. The first-order valence-corrected chi connectivity index (χ1v) is 11.3. The topological polar surface area (TPSA) is 18.5 Å². The highest BCUT2D eigenvalue weighted by molar-refractivity contribution is 5.03. The van der Waals surface area contributed by atoms with Gasteiger partial charge >= 0.3 is 0 Å². The average Bonchev–Trinajstić information content (AvgIpc) is 2.61. The van der Waals surface area contributed by atoms with Crippen molar-refractivity contribution in [2.45, 2.75) is 105 Å². The average molecular weight is 365 g/mol. The van der Waals surface area contributed by atoms with Crippen molar-refractivity contribution < 1.29 is 9.47 Å². The lowest BCUT2D eigenvalue weighted by molar-refractivity contribution is -0.211. The van der Waals surface area contributed by atoms with E-state index in [2.05, 4.69) is 47.6 Å². The number of unbranched alkanes of at least 4 members (excludes halogenated alkanes) is 1. The molecule has 0 aromatic carbocycles. The maximum Gasteiger partial charge on any atom is 0.0922 e. The fourth-order valence-electron chi connectivity index (χ4n) is 4.64. The predicted molar refractivity (Wildman–Crippen MR) is 111 cm³/mol. The standard InChI is InChI=1S/C24H44O2/c1-7-8-9-23-20(5)12-13-24(26-23)15-22(16-25-17-24)11-10-19(4)14-21(6)18(2)3/h14,18-20,22-23H,7-13,15-17H2,1-6H3/b21-14+. The molecule has 0 aliphatic carbocycles. The van der Waals surface area contributed by atoms with E-state index in [1.165, 1.54) is 56.9 Å². The molecule has 0 N–H and O–H groups in total. The largest absolute Gasteiger partial charge is 0.378 e. The molecule has 2 aliphatic rings. The zero-order chi connectivity index (χ0) is 19.2. The van der Waals surface area contributed by atoms with Crippen molar-refractivity contribution in [1.29, 1.82) is 0 Å². The Hall–Kier alpha value is -0.340. The molecular formula is C24H44O2. The van der Waals surface area contributed by atoms with Crippen LogP contribution in [0, 0.1) is 23.7 Å². The van der Waals surface area contributed by atoms with Crippen LogP contribution in [0.4, 0.5) is 0 Å². The van der Waals surface area contributed by atoms with Gasteiger partial charge in [0, 0.05) is 6.61 Å². The monoisotopic (exact) mass is 364 g/mol. The predicted octanol–water partition coefficient (Wildman–Crippen LogP) is 6.79. The van der Waals surface area contributed by atoms with Gasteiger partial charge in [-0.1, -0.05) is 59.1 Å². The Morgan fingerprint density at radius 1 is 1.23 bits per heavy atom. The third-order valence-electron chi connectivity index (χ3n) is 6.80. The van der Waals surface area contributed by atoms with Crippen LogP contribution in [0.25, 0.3) is 0 Å². The second-order valence-corrected chi connectivity index (χ2v) is 9.70. The minimum atomic E-state index is 0.0146. The molecule has 2 nitrogen and oxygen atoms in total. The van der Waals surface area contributed by atoms with Gasteiger partial charge in [0.15, 0.2) is 0 Å². The van der Waals surface area contributed by atoms with Crippen LogP contribution in [-0.4, -0.2) is 24.9 Å². The summed E-state index contributed by atoms with van der Waals surface area (Å²) >= 11 is 0. The van der Waals surface area contributed by atoms with Gasteiger partial charge in [0.2, 0.25) is 0 Å². The van der Waals surface area contributed by atoms with Gasteiger partial charge in [0.25, 0.3) is 0 Å². The summed E-state index contributed by atoms with van der Waals surface area (Å²) in [4.78, 5) is 0. The zero-order valence-electron chi connectivity index (χ0n) is 18.4. The van der Waals surface area contributed by atoms with E-state index in [9.17, 15) is 0 Å². The van der Waals surface area contributed by atoms with Crippen molar-refractivity contribution in [2.24, 2.45) is 23.7 Å². The molecule has 0 aromatic heterocycles. The highest BCUT2D eigenvalue weighted by Gasteiger charge is 2.43. The highest BCUT2D eigenvalue weighted by atomic mass is 16.6. The van der Waals surface area contributed by atoms with Crippen molar-refractivity contribution in [3.63, 3.8) is 0 Å². The van der Waals surface area contributed by atoms with Crippen LogP contribution in [0.1, 0.15) is 92.9 Å². The van der Waals surface area contributed by atoms with Crippen LogP contribution in [0.15, 0.2) is 11.6 Å². The molecule has 5 unspecified atom stereocenters. The molecule has 1 spiro atoms. The molecule has 5 atom stereocenters. The molecule has 26 heavy (non-hydrogen) atoms. The van der Waals surface area contributed by atoms with Crippen LogP contribution in [0.3, 0.4) is 0 Å². The Labute approximate surface area is 163 Å². The number of rotatable bonds is 8. The van der Waals surface area contributed by atoms with Crippen LogP contribution in [0.5, 0.6) is 0 Å². The quantitative estimate of drug-likeness (QED) is 0.442. The van der Waals surface area contributed by atoms with Crippen LogP contribution in [-0.2, 0) is 9.47 Å². The first-order valence-electron chi connectivity index (χ1n) is 11.3. The number of ether oxygens (including phenoxy) is 2. The Balaban J connectivity index is 1.87. The van der Waals surface area contributed by atoms with Crippen LogP contribution in [0.2, 0.25) is 0 Å². The van der Waals surface area contributed by atoms with Gasteiger partial charge in [0.05, 0.1) is 18.3 Å². The lowest BCUT2D eigenvalue weighted by Crippen LogP contribution is -2.51. The van der Waals surface area contributed by atoms with Gasteiger partial charge in [-0.15, -0.1) is 0 Å². The lowest BCUT2D eigenvalue weighted by atomic mass is 9.77. The van der Waals surface area contributed by atoms with E-state index in [1.54, 1.807) is 0 Å². The first-order chi connectivity index (χ1) is 12.3. The summed E-state index contributed by atoms with van der Waals surface area (Å²) in [5, 5.41) is 0. The van der Waals surface area contributed by atoms with Crippen molar-refractivity contribution in [3.05, 3.63) is 11.6 Å². The second-order valence-electron chi connectivity index (χ2n) is 9.70. The molecule has 152 valence electrons. The minimum Gasteiger partial charge on any atom is -0.378 e. The number of allylic oxidation sites excluding steroid dienone is 2. The second kappa shape index (κ2) is 10.3. The van der Waals surface area contributed by atoms with Gasteiger partial charge in [-0.3, -0.25) is 0 Å². The van der Waals surface area contributed by atoms with E-state index in [0.717, 1.165) is 13.2 Å². The van der Waals surface area contributed by atoms with Gasteiger partial charge in [-0.2, -0.15) is 0 Å². The van der Waals surface area contributed by atoms with Crippen LogP contribution >= 0.6 is 0 Å². The maximum atomic E-state index is 6.73. The summed E-state index contributed by atoms with van der Waals surface area (Å²) in [5.41, 5.74) is 1.54. The summed E-state index contributed by atoms with van der Waals surface area (Å²) in [5.74, 6) is 2.70. The van der Waals surface area contributed by atoms with Gasteiger partial charge < -0.3 is 9.47 Å². The number of hydrogen-bond donors (Lipinski definition) is 0. The smallest absolute Gasteiger partial charge is 0.0922 e. The summed E-state index contributed by atoms with van der Waals surface area (Å²) < 4.78 is 12.8. The summed E-state index contributed by atoms with van der Waals surface area (Å²) in [6.07, 6.45) is 12.9.